The first-order chi connectivity index (χ1) is 9.79. The second-order valence-electron chi connectivity index (χ2n) is 6.72. The second-order valence-corrected chi connectivity index (χ2v) is 7.63. The van der Waals surface area contributed by atoms with Crippen molar-refractivity contribution < 1.29 is 4.74 Å². The average Bonchev–Trinajstić information content (AvgIpc) is 3.07. The van der Waals surface area contributed by atoms with E-state index in [-0.39, 0.29) is 0 Å². The molecule has 3 heteroatoms. The molecule has 3 aliphatic rings. The van der Waals surface area contributed by atoms with E-state index in [1.807, 2.05) is 0 Å². The molecule has 0 amide bonds. The van der Waals surface area contributed by atoms with Crippen LogP contribution < -0.4 is 10.1 Å². The Morgan fingerprint density at radius 2 is 2.15 bits per heavy atom. The highest BCUT2D eigenvalue weighted by molar-refractivity contribution is 9.10. The predicted octanol–water partition coefficient (Wildman–Crippen LogP) is 4.30. The zero-order valence-corrected chi connectivity index (χ0v) is 13.4. The van der Waals surface area contributed by atoms with Crippen LogP contribution in [-0.4, -0.2) is 13.2 Å². The molecule has 1 aliphatic heterocycles. The van der Waals surface area contributed by atoms with Crippen molar-refractivity contribution >= 4 is 15.9 Å². The summed E-state index contributed by atoms with van der Waals surface area (Å²) in [6, 6.07) is 6.84. The average molecular weight is 336 g/mol. The summed E-state index contributed by atoms with van der Waals surface area (Å²) < 4.78 is 6.92. The van der Waals surface area contributed by atoms with Crippen LogP contribution in [0.4, 0.5) is 0 Å². The smallest absolute Gasteiger partial charge is 0.124 e. The van der Waals surface area contributed by atoms with E-state index in [1.165, 1.54) is 37.8 Å². The van der Waals surface area contributed by atoms with Gasteiger partial charge in [0.1, 0.15) is 5.75 Å². The number of rotatable bonds is 3. The maximum atomic E-state index is 5.77. The molecule has 0 aromatic heterocycles. The fourth-order valence-electron chi connectivity index (χ4n) is 4.50. The Labute approximate surface area is 129 Å². The number of halogens is 1. The summed E-state index contributed by atoms with van der Waals surface area (Å²) in [7, 11) is 0. The van der Waals surface area contributed by atoms with Crippen molar-refractivity contribution in [1.29, 1.82) is 0 Å². The van der Waals surface area contributed by atoms with Gasteiger partial charge in [-0.25, -0.2) is 0 Å². The van der Waals surface area contributed by atoms with Gasteiger partial charge in [0.05, 0.1) is 6.61 Å². The van der Waals surface area contributed by atoms with E-state index in [2.05, 4.69) is 39.4 Å². The first kappa shape index (κ1) is 13.1. The third-order valence-corrected chi connectivity index (χ3v) is 6.02. The molecule has 2 nitrogen and oxygen atoms in total. The van der Waals surface area contributed by atoms with Crippen LogP contribution >= 0.6 is 15.9 Å². The summed E-state index contributed by atoms with van der Waals surface area (Å²) in [4.78, 5) is 0. The summed E-state index contributed by atoms with van der Waals surface area (Å²) in [6.07, 6.45) is 7.03. The van der Waals surface area contributed by atoms with Crippen LogP contribution in [0.25, 0.3) is 0 Å². The van der Waals surface area contributed by atoms with Gasteiger partial charge in [-0.15, -0.1) is 0 Å². The summed E-state index contributed by atoms with van der Waals surface area (Å²) in [6.45, 7) is 2.03. The molecule has 4 rings (SSSR count). The minimum Gasteiger partial charge on any atom is -0.493 e. The molecule has 4 unspecified atom stereocenters. The van der Waals surface area contributed by atoms with Crippen molar-refractivity contribution in [3.8, 4) is 5.75 Å². The largest absolute Gasteiger partial charge is 0.493 e. The predicted molar refractivity (Wildman–Crippen MR) is 83.9 cm³/mol. The molecule has 20 heavy (non-hydrogen) atoms. The highest BCUT2D eigenvalue weighted by Crippen LogP contribution is 2.48. The Balaban J connectivity index is 1.44. The Hall–Kier alpha value is -0.540. The molecule has 2 aliphatic carbocycles. The highest BCUT2D eigenvalue weighted by Gasteiger charge is 2.39. The van der Waals surface area contributed by atoms with Gasteiger partial charge in [0.25, 0.3) is 0 Å². The molecule has 2 saturated carbocycles. The SMILES string of the molecule is Brc1ccc2c(c1)C(NCC1CC3CCC1C3)CCO2. The van der Waals surface area contributed by atoms with Crippen LogP contribution in [0, 0.1) is 17.8 Å². The van der Waals surface area contributed by atoms with E-state index in [4.69, 9.17) is 4.74 Å². The van der Waals surface area contributed by atoms with E-state index in [9.17, 15) is 0 Å². The standard InChI is InChI=1S/C17H22BrNO/c18-14-3-4-17-15(9-14)16(5-6-20-17)19-10-13-8-11-1-2-12(13)7-11/h3-4,9,11-13,16,19H,1-2,5-8,10H2. The monoisotopic (exact) mass is 335 g/mol. The second kappa shape index (κ2) is 5.34. The molecule has 4 atom stereocenters. The molecular weight excluding hydrogens is 314 g/mol. The molecule has 2 fully saturated rings. The zero-order chi connectivity index (χ0) is 13.5. The summed E-state index contributed by atoms with van der Waals surface area (Å²) in [5.74, 6) is 4.04. The maximum absolute atomic E-state index is 5.77. The molecule has 1 heterocycles. The topological polar surface area (TPSA) is 21.3 Å². The van der Waals surface area contributed by atoms with Crippen LogP contribution in [0.5, 0.6) is 5.75 Å². The molecule has 0 spiro atoms. The van der Waals surface area contributed by atoms with Crippen molar-refractivity contribution in [2.75, 3.05) is 13.2 Å². The lowest BCUT2D eigenvalue weighted by Crippen LogP contribution is -2.32. The van der Waals surface area contributed by atoms with Gasteiger partial charge in [0.15, 0.2) is 0 Å². The first-order valence-electron chi connectivity index (χ1n) is 7.95. The van der Waals surface area contributed by atoms with Crippen molar-refractivity contribution in [2.24, 2.45) is 17.8 Å². The van der Waals surface area contributed by atoms with Crippen molar-refractivity contribution in [3.63, 3.8) is 0 Å². The lowest BCUT2D eigenvalue weighted by Gasteiger charge is -2.30. The molecule has 2 bridgehead atoms. The van der Waals surface area contributed by atoms with Crippen LogP contribution in [0.2, 0.25) is 0 Å². The van der Waals surface area contributed by atoms with Crippen molar-refractivity contribution in [2.45, 2.75) is 38.1 Å². The zero-order valence-electron chi connectivity index (χ0n) is 11.8. The third kappa shape index (κ3) is 2.39. The lowest BCUT2D eigenvalue weighted by molar-refractivity contribution is 0.237. The third-order valence-electron chi connectivity index (χ3n) is 5.52. The van der Waals surface area contributed by atoms with Gasteiger partial charge in [0, 0.05) is 22.5 Å². The maximum Gasteiger partial charge on any atom is 0.124 e. The fraction of sp³-hybridized carbons (Fsp3) is 0.647. The van der Waals surface area contributed by atoms with Gasteiger partial charge in [-0.2, -0.15) is 0 Å². The van der Waals surface area contributed by atoms with Crippen LogP contribution in [0.3, 0.4) is 0 Å². The number of ether oxygens (including phenoxy) is 1. The molecule has 0 saturated heterocycles. The number of benzene rings is 1. The Morgan fingerprint density at radius 3 is 2.95 bits per heavy atom. The number of nitrogens with one attached hydrogen (secondary N) is 1. The lowest BCUT2D eigenvalue weighted by atomic mass is 9.88. The Bertz CT molecular complexity index is 504. The molecule has 1 aromatic carbocycles. The fourth-order valence-corrected chi connectivity index (χ4v) is 4.88. The molecule has 0 radical (unpaired) electrons. The number of fused-ring (bicyclic) bond motifs is 3. The molecule has 1 N–H and O–H groups in total. The van der Waals surface area contributed by atoms with Gasteiger partial charge in [-0.1, -0.05) is 22.4 Å². The Morgan fingerprint density at radius 1 is 1.20 bits per heavy atom. The summed E-state index contributed by atoms with van der Waals surface area (Å²) in [5, 5.41) is 3.83. The minimum absolute atomic E-state index is 0.468. The van der Waals surface area contributed by atoms with Gasteiger partial charge in [-0.05, 0) is 61.8 Å². The van der Waals surface area contributed by atoms with E-state index < -0.39 is 0 Å². The summed E-state index contributed by atoms with van der Waals surface area (Å²) in [5.41, 5.74) is 1.33. The highest BCUT2D eigenvalue weighted by atomic mass is 79.9. The quantitative estimate of drug-likeness (QED) is 0.889. The van der Waals surface area contributed by atoms with E-state index in [0.29, 0.717) is 6.04 Å². The minimum atomic E-state index is 0.468. The molecule has 108 valence electrons. The van der Waals surface area contributed by atoms with E-state index >= 15 is 0 Å². The normalized spacial score (nSPS) is 34.9. The van der Waals surface area contributed by atoms with Crippen molar-refractivity contribution in [1.82, 2.24) is 5.32 Å². The van der Waals surface area contributed by atoms with Gasteiger partial charge >= 0.3 is 0 Å². The number of hydrogen-bond donors (Lipinski definition) is 1. The van der Waals surface area contributed by atoms with Crippen LogP contribution in [0.15, 0.2) is 22.7 Å². The van der Waals surface area contributed by atoms with E-state index in [1.54, 1.807) is 0 Å². The van der Waals surface area contributed by atoms with Gasteiger partial charge < -0.3 is 10.1 Å². The molecule has 1 aromatic rings. The van der Waals surface area contributed by atoms with Gasteiger partial charge in [0.2, 0.25) is 0 Å². The van der Waals surface area contributed by atoms with Crippen molar-refractivity contribution in [3.05, 3.63) is 28.2 Å². The molecular formula is C17H22BrNO. The Kier molecular flexibility index (Phi) is 3.51. The van der Waals surface area contributed by atoms with Crippen LogP contribution in [0.1, 0.15) is 43.7 Å². The number of hydrogen-bond acceptors (Lipinski definition) is 2. The summed E-state index contributed by atoms with van der Waals surface area (Å²) >= 11 is 3.58. The van der Waals surface area contributed by atoms with Gasteiger partial charge in [-0.3, -0.25) is 0 Å². The first-order valence-corrected chi connectivity index (χ1v) is 8.74. The van der Waals surface area contributed by atoms with E-state index in [0.717, 1.165) is 41.0 Å². The van der Waals surface area contributed by atoms with Crippen LogP contribution in [-0.2, 0) is 0 Å².